The van der Waals surface area contributed by atoms with E-state index in [1.54, 1.807) is 0 Å². The molecule has 1 saturated carbocycles. The van der Waals surface area contributed by atoms with E-state index in [9.17, 15) is 4.79 Å². The van der Waals surface area contributed by atoms with Crippen molar-refractivity contribution in [2.75, 3.05) is 18.9 Å². The van der Waals surface area contributed by atoms with Crippen LogP contribution >= 0.6 is 11.8 Å². The summed E-state index contributed by atoms with van der Waals surface area (Å²) in [4.78, 5) is 11.2. The third kappa shape index (κ3) is 4.74. The second-order valence-electron chi connectivity index (χ2n) is 4.04. The van der Waals surface area contributed by atoms with Crippen molar-refractivity contribution in [3.05, 3.63) is 0 Å². The van der Waals surface area contributed by atoms with Gasteiger partial charge in [0.05, 0.1) is 13.0 Å². The largest absolute Gasteiger partial charge is 0.466 e. The van der Waals surface area contributed by atoms with Gasteiger partial charge in [-0.15, -0.1) is 0 Å². The lowest BCUT2D eigenvalue weighted by Crippen LogP contribution is -2.35. The Balaban J connectivity index is 2.14. The van der Waals surface area contributed by atoms with Crippen LogP contribution in [0.2, 0.25) is 0 Å². The van der Waals surface area contributed by atoms with E-state index in [-0.39, 0.29) is 5.97 Å². The Kier molecular flexibility index (Phi) is 6.88. The van der Waals surface area contributed by atoms with Crippen LogP contribution in [-0.2, 0) is 9.53 Å². The van der Waals surface area contributed by atoms with Gasteiger partial charge in [0.25, 0.3) is 0 Å². The molecule has 2 unspecified atom stereocenters. The van der Waals surface area contributed by atoms with Gasteiger partial charge in [0.2, 0.25) is 0 Å². The third-order valence-electron chi connectivity index (χ3n) is 2.87. The van der Waals surface area contributed by atoms with Crippen molar-refractivity contribution in [3.8, 4) is 0 Å². The topological polar surface area (TPSA) is 38.3 Å². The molecule has 16 heavy (non-hydrogen) atoms. The van der Waals surface area contributed by atoms with Crippen molar-refractivity contribution < 1.29 is 9.53 Å². The summed E-state index contributed by atoms with van der Waals surface area (Å²) in [5.74, 6) is 1.09. The molecule has 0 heterocycles. The molecule has 0 amide bonds. The van der Waals surface area contributed by atoms with E-state index in [4.69, 9.17) is 4.74 Å². The highest BCUT2D eigenvalue weighted by molar-refractivity contribution is 7.99. The van der Waals surface area contributed by atoms with Gasteiger partial charge in [0.1, 0.15) is 0 Å². The number of esters is 1. The van der Waals surface area contributed by atoms with E-state index in [2.05, 4.69) is 12.2 Å². The minimum atomic E-state index is -0.0901. The summed E-state index contributed by atoms with van der Waals surface area (Å²) in [6.07, 6.45) is 4.37. The number of thioether (sulfide) groups is 1. The Labute approximate surface area is 103 Å². The van der Waals surface area contributed by atoms with Crippen LogP contribution < -0.4 is 5.32 Å². The minimum Gasteiger partial charge on any atom is -0.466 e. The van der Waals surface area contributed by atoms with Gasteiger partial charge in [0, 0.05) is 17.8 Å². The summed E-state index contributed by atoms with van der Waals surface area (Å²) in [7, 11) is 0. The Bertz CT molecular complexity index is 211. The molecule has 0 spiro atoms. The average molecular weight is 245 g/mol. The number of nitrogens with one attached hydrogen (secondary N) is 1. The summed E-state index contributed by atoms with van der Waals surface area (Å²) in [5.41, 5.74) is 0. The van der Waals surface area contributed by atoms with Crippen LogP contribution in [0.15, 0.2) is 0 Å². The van der Waals surface area contributed by atoms with Gasteiger partial charge in [-0.2, -0.15) is 11.8 Å². The first-order chi connectivity index (χ1) is 7.77. The van der Waals surface area contributed by atoms with Crippen LogP contribution in [0, 0.1) is 0 Å². The maximum atomic E-state index is 11.2. The maximum absolute atomic E-state index is 11.2. The number of ether oxygens (including phenoxy) is 1. The molecule has 0 aromatic heterocycles. The number of carbonyl (C=O) groups excluding carboxylic acids is 1. The summed E-state index contributed by atoms with van der Waals surface area (Å²) in [5, 5.41) is 4.23. The predicted molar refractivity (Wildman–Crippen MR) is 68.8 cm³/mol. The summed E-state index contributed by atoms with van der Waals surface area (Å²) < 4.78 is 4.90. The molecule has 0 saturated heterocycles. The monoisotopic (exact) mass is 245 g/mol. The summed E-state index contributed by atoms with van der Waals surface area (Å²) in [6, 6.07) is 0.597. The molecule has 4 heteroatoms. The summed E-state index contributed by atoms with van der Waals surface area (Å²) in [6.45, 7) is 5.29. The van der Waals surface area contributed by atoms with E-state index in [1.165, 1.54) is 25.0 Å². The second-order valence-corrected chi connectivity index (χ2v) is 5.56. The molecule has 0 bridgehead atoms. The lowest BCUT2D eigenvalue weighted by molar-refractivity contribution is -0.142. The second kappa shape index (κ2) is 7.96. The van der Waals surface area contributed by atoms with Gasteiger partial charge in [-0.05, 0) is 25.5 Å². The van der Waals surface area contributed by atoms with E-state index in [0.717, 1.165) is 11.8 Å². The molecule has 0 aromatic carbocycles. The van der Waals surface area contributed by atoms with Crippen LogP contribution in [0.25, 0.3) is 0 Å². The first-order valence-corrected chi connectivity index (χ1v) is 7.33. The highest BCUT2D eigenvalue weighted by atomic mass is 32.2. The molecular weight excluding hydrogens is 222 g/mol. The van der Waals surface area contributed by atoms with Crippen LogP contribution in [0.4, 0.5) is 0 Å². The number of carbonyl (C=O) groups is 1. The van der Waals surface area contributed by atoms with Crippen molar-refractivity contribution >= 4 is 17.7 Å². The van der Waals surface area contributed by atoms with Gasteiger partial charge in [-0.25, -0.2) is 0 Å². The van der Waals surface area contributed by atoms with E-state index in [1.807, 2.05) is 18.7 Å². The molecule has 3 nitrogen and oxygen atoms in total. The Morgan fingerprint density at radius 2 is 2.25 bits per heavy atom. The Morgan fingerprint density at radius 1 is 1.44 bits per heavy atom. The van der Waals surface area contributed by atoms with Crippen LogP contribution in [0.3, 0.4) is 0 Å². The molecule has 1 aliphatic rings. The van der Waals surface area contributed by atoms with E-state index >= 15 is 0 Å². The Hall–Kier alpha value is -0.220. The van der Waals surface area contributed by atoms with Crippen molar-refractivity contribution in [2.24, 2.45) is 0 Å². The number of hydrogen-bond acceptors (Lipinski definition) is 4. The normalized spacial score (nSPS) is 24.6. The molecule has 94 valence electrons. The van der Waals surface area contributed by atoms with Crippen molar-refractivity contribution in [3.63, 3.8) is 0 Å². The molecule has 1 rings (SSSR count). The lowest BCUT2D eigenvalue weighted by atomic mass is 10.2. The maximum Gasteiger partial charge on any atom is 0.307 e. The van der Waals surface area contributed by atoms with Crippen LogP contribution in [0.1, 0.15) is 39.5 Å². The molecular formula is C12H23NO2S. The van der Waals surface area contributed by atoms with E-state index in [0.29, 0.717) is 19.1 Å². The number of rotatable bonds is 7. The minimum absolute atomic E-state index is 0.0901. The fourth-order valence-electron chi connectivity index (χ4n) is 2.17. The zero-order chi connectivity index (χ0) is 11.8. The van der Waals surface area contributed by atoms with Crippen molar-refractivity contribution in [2.45, 2.75) is 50.8 Å². The summed E-state index contributed by atoms with van der Waals surface area (Å²) >= 11 is 2.04. The highest BCUT2D eigenvalue weighted by Crippen LogP contribution is 2.29. The van der Waals surface area contributed by atoms with Gasteiger partial charge in [-0.1, -0.05) is 13.3 Å². The zero-order valence-corrected chi connectivity index (χ0v) is 11.1. The molecule has 0 radical (unpaired) electrons. The van der Waals surface area contributed by atoms with E-state index < -0.39 is 0 Å². The zero-order valence-electron chi connectivity index (χ0n) is 10.3. The highest BCUT2D eigenvalue weighted by Gasteiger charge is 2.26. The quantitative estimate of drug-likeness (QED) is 0.698. The first kappa shape index (κ1) is 13.8. The van der Waals surface area contributed by atoms with Crippen LogP contribution in [-0.4, -0.2) is 36.2 Å². The van der Waals surface area contributed by atoms with Gasteiger partial charge < -0.3 is 10.1 Å². The third-order valence-corrected chi connectivity index (χ3v) is 4.20. The van der Waals surface area contributed by atoms with Crippen LogP contribution in [0.5, 0.6) is 0 Å². The molecule has 1 aliphatic carbocycles. The predicted octanol–water partition coefficient (Wildman–Crippen LogP) is 2.20. The number of hydrogen-bond donors (Lipinski definition) is 1. The Morgan fingerprint density at radius 3 is 2.94 bits per heavy atom. The van der Waals surface area contributed by atoms with Crippen molar-refractivity contribution in [1.82, 2.24) is 5.32 Å². The fourth-order valence-corrected chi connectivity index (χ4v) is 3.39. The molecule has 1 N–H and O–H groups in total. The first-order valence-electron chi connectivity index (χ1n) is 6.28. The molecule has 2 atom stereocenters. The van der Waals surface area contributed by atoms with Gasteiger partial charge in [-0.3, -0.25) is 4.79 Å². The van der Waals surface area contributed by atoms with Gasteiger partial charge in [0.15, 0.2) is 0 Å². The fraction of sp³-hybridized carbons (Fsp3) is 0.917. The smallest absolute Gasteiger partial charge is 0.307 e. The standard InChI is InChI=1S/C12H23NO2S/c1-3-15-12(14)8-9-13-10-6-5-7-11(10)16-4-2/h10-11,13H,3-9H2,1-2H3. The molecule has 0 aromatic rings. The molecule has 0 aliphatic heterocycles. The molecule has 1 fully saturated rings. The average Bonchev–Trinajstić information content (AvgIpc) is 2.67. The SMILES string of the molecule is CCOC(=O)CCNC1CCCC1SCC. The van der Waals surface area contributed by atoms with Crippen molar-refractivity contribution in [1.29, 1.82) is 0 Å². The lowest BCUT2D eigenvalue weighted by Gasteiger charge is -2.19. The van der Waals surface area contributed by atoms with Gasteiger partial charge >= 0.3 is 5.97 Å².